The molecule has 0 aromatic carbocycles. The lowest BCUT2D eigenvalue weighted by Crippen LogP contribution is -2.38. The Labute approximate surface area is 102 Å². The van der Waals surface area contributed by atoms with Crippen molar-refractivity contribution in [1.82, 2.24) is 4.31 Å². The van der Waals surface area contributed by atoms with E-state index >= 15 is 0 Å². The zero-order valence-corrected chi connectivity index (χ0v) is 10.6. The molecule has 1 heterocycles. The van der Waals surface area contributed by atoms with Gasteiger partial charge in [0.25, 0.3) is 0 Å². The monoisotopic (exact) mass is 258 g/mol. The van der Waals surface area contributed by atoms with Gasteiger partial charge in [0.05, 0.1) is 11.3 Å². The summed E-state index contributed by atoms with van der Waals surface area (Å²) in [6, 6.07) is -0.182. The fraction of sp³-hybridized carbons (Fsp3) is 1.00. The minimum Gasteiger partial charge on any atom is -0.212 e. The van der Waals surface area contributed by atoms with Crippen LogP contribution in [0.15, 0.2) is 5.11 Å². The third-order valence-electron chi connectivity index (χ3n) is 3.67. The highest BCUT2D eigenvalue weighted by Gasteiger charge is 2.36. The Morgan fingerprint density at radius 3 is 2.53 bits per heavy atom. The second-order valence-electron chi connectivity index (χ2n) is 4.81. The average molecular weight is 258 g/mol. The maximum atomic E-state index is 12.3. The van der Waals surface area contributed by atoms with E-state index in [9.17, 15) is 8.42 Å². The van der Waals surface area contributed by atoms with Crippen LogP contribution in [0, 0.1) is 0 Å². The van der Waals surface area contributed by atoms with Crippen molar-refractivity contribution in [3.05, 3.63) is 10.4 Å². The molecule has 1 unspecified atom stereocenters. The molecule has 1 aliphatic heterocycles. The lowest BCUT2D eigenvalue weighted by Gasteiger charge is -2.26. The molecule has 0 aromatic heterocycles. The number of sulfonamides is 1. The molecule has 2 aliphatic rings. The van der Waals surface area contributed by atoms with Gasteiger partial charge in [-0.3, -0.25) is 0 Å². The second-order valence-corrected chi connectivity index (χ2v) is 7.02. The predicted molar refractivity (Wildman–Crippen MR) is 64.9 cm³/mol. The molecule has 1 atom stereocenters. The molecule has 7 heteroatoms. The van der Waals surface area contributed by atoms with E-state index in [1.54, 1.807) is 0 Å². The van der Waals surface area contributed by atoms with Crippen molar-refractivity contribution in [2.45, 2.75) is 49.8 Å². The van der Waals surface area contributed by atoms with E-state index in [0.717, 1.165) is 32.1 Å². The van der Waals surface area contributed by atoms with Crippen LogP contribution >= 0.6 is 0 Å². The minimum atomic E-state index is -3.16. The van der Waals surface area contributed by atoms with Gasteiger partial charge in [0.15, 0.2) is 0 Å². The molecule has 1 aliphatic carbocycles. The van der Waals surface area contributed by atoms with Crippen molar-refractivity contribution in [3.63, 3.8) is 0 Å². The molecule has 0 amide bonds. The van der Waals surface area contributed by atoms with Gasteiger partial charge < -0.3 is 0 Å². The summed E-state index contributed by atoms with van der Waals surface area (Å²) in [6.07, 6.45) is 5.38. The number of hydrogen-bond donors (Lipinski definition) is 0. The molecule has 0 aromatic rings. The lowest BCUT2D eigenvalue weighted by atomic mass is 10.0. The van der Waals surface area contributed by atoms with Gasteiger partial charge in [-0.05, 0) is 24.8 Å². The van der Waals surface area contributed by atoms with Crippen molar-refractivity contribution in [2.75, 3.05) is 13.1 Å². The SMILES string of the molecule is [N-]=[N+]=NC1CCN(S(=O)(=O)C2CCCCC2)C1. The Hall–Kier alpha value is -0.780. The van der Waals surface area contributed by atoms with Crippen molar-refractivity contribution in [2.24, 2.45) is 5.11 Å². The van der Waals surface area contributed by atoms with Gasteiger partial charge in [-0.2, -0.15) is 0 Å². The third-order valence-corrected chi connectivity index (χ3v) is 6.04. The molecule has 96 valence electrons. The smallest absolute Gasteiger partial charge is 0.212 e. The largest absolute Gasteiger partial charge is 0.216 e. The van der Waals surface area contributed by atoms with Crippen molar-refractivity contribution < 1.29 is 8.42 Å². The third kappa shape index (κ3) is 2.73. The molecule has 0 spiro atoms. The van der Waals surface area contributed by atoms with Gasteiger partial charge in [0, 0.05) is 18.0 Å². The summed E-state index contributed by atoms with van der Waals surface area (Å²) in [6.45, 7) is 0.866. The van der Waals surface area contributed by atoms with E-state index in [1.165, 1.54) is 4.31 Å². The first kappa shape index (κ1) is 12.7. The van der Waals surface area contributed by atoms with Crippen LogP contribution in [0.25, 0.3) is 10.4 Å². The number of hydrogen-bond acceptors (Lipinski definition) is 3. The molecule has 17 heavy (non-hydrogen) atoms. The predicted octanol–water partition coefficient (Wildman–Crippen LogP) is 2.03. The van der Waals surface area contributed by atoms with Crippen molar-refractivity contribution in [3.8, 4) is 0 Å². The molecule has 2 fully saturated rings. The summed E-state index contributed by atoms with van der Waals surface area (Å²) >= 11 is 0. The van der Waals surface area contributed by atoms with E-state index in [1.807, 2.05) is 0 Å². The zero-order valence-electron chi connectivity index (χ0n) is 9.83. The molecule has 1 saturated heterocycles. The first-order valence-electron chi connectivity index (χ1n) is 6.18. The first-order chi connectivity index (χ1) is 8.14. The number of nitrogens with zero attached hydrogens (tertiary/aromatic N) is 4. The average Bonchev–Trinajstić information content (AvgIpc) is 2.80. The molecule has 1 saturated carbocycles. The van der Waals surface area contributed by atoms with E-state index in [2.05, 4.69) is 10.0 Å². The summed E-state index contributed by atoms with van der Waals surface area (Å²) in [5.41, 5.74) is 8.35. The highest BCUT2D eigenvalue weighted by molar-refractivity contribution is 7.89. The fourth-order valence-electron chi connectivity index (χ4n) is 2.68. The Kier molecular flexibility index (Phi) is 3.91. The second kappa shape index (κ2) is 5.25. The maximum absolute atomic E-state index is 12.3. The zero-order chi connectivity index (χ0) is 12.3. The molecule has 6 nitrogen and oxygen atoms in total. The van der Waals surface area contributed by atoms with Crippen LogP contribution in [-0.2, 0) is 10.0 Å². The van der Waals surface area contributed by atoms with E-state index in [4.69, 9.17) is 5.53 Å². The van der Waals surface area contributed by atoms with Gasteiger partial charge in [-0.25, -0.2) is 12.7 Å². The fourth-order valence-corrected chi connectivity index (χ4v) is 4.77. The van der Waals surface area contributed by atoms with Crippen LogP contribution in [0.3, 0.4) is 0 Å². The molecule has 2 rings (SSSR count). The molecule has 0 bridgehead atoms. The van der Waals surface area contributed by atoms with Crippen LogP contribution < -0.4 is 0 Å². The molecular formula is C10H18N4O2S. The van der Waals surface area contributed by atoms with Crippen LogP contribution in [-0.4, -0.2) is 37.1 Å². The lowest BCUT2D eigenvalue weighted by molar-refractivity contribution is 0.426. The summed E-state index contributed by atoms with van der Waals surface area (Å²) in [5, 5.41) is 3.40. The highest BCUT2D eigenvalue weighted by Crippen LogP contribution is 2.28. The van der Waals surface area contributed by atoms with Crippen molar-refractivity contribution in [1.29, 1.82) is 0 Å². The first-order valence-corrected chi connectivity index (χ1v) is 7.68. The quantitative estimate of drug-likeness (QED) is 0.440. The summed E-state index contributed by atoms with van der Waals surface area (Å²) < 4.78 is 26.2. The highest BCUT2D eigenvalue weighted by atomic mass is 32.2. The van der Waals surface area contributed by atoms with Gasteiger partial charge in [-0.15, -0.1) is 0 Å². The van der Waals surface area contributed by atoms with E-state index in [0.29, 0.717) is 19.5 Å². The summed E-state index contributed by atoms with van der Waals surface area (Å²) in [4.78, 5) is 2.75. The Bertz CT molecular complexity index is 410. The Balaban J connectivity index is 2.03. The van der Waals surface area contributed by atoms with Gasteiger partial charge in [0.1, 0.15) is 0 Å². The van der Waals surface area contributed by atoms with E-state index < -0.39 is 10.0 Å². The van der Waals surface area contributed by atoms with E-state index in [-0.39, 0.29) is 11.3 Å². The Morgan fingerprint density at radius 1 is 1.18 bits per heavy atom. The van der Waals surface area contributed by atoms with Crippen LogP contribution in [0.4, 0.5) is 0 Å². The van der Waals surface area contributed by atoms with Crippen LogP contribution in [0.5, 0.6) is 0 Å². The normalized spacial score (nSPS) is 27.9. The minimum absolute atomic E-state index is 0.182. The number of azide groups is 1. The van der Waals surface area contributed by atoms with Crippen LogP contribution in [0.1, 0.15) is 38.5 Å². The van der Waals surface area contributed by atoms with Crippen LogP contribution in [0.2, 0.25) is 0 Å². The molecular weight excluding hydrogens is 240 g/mol. The van der Waals surface area contributed by atoms with Gasteiger partial charge in [-0.1, -0.05) is 24.4 Å². The summed E-state index contributed by atoms with van der Waals surface area (Å²) in [5.74, 6) is 0. The Morgan fingerprint density at radius 2 is 1.88 bits per heavy atom. The topological polar surface area (TPSA) is 86.1 Å². The maximum Gasteiger partial charge on any atom is 0.216 e. The number of rotatable bonds is 3. The van der Waals surface area contributed by atoms with Gasteiger partial charge in [0.2, 0.25) is 10.0 Å². The van der Waals surface area contributed by atoms with Gasteiger partial charge >= 0.3 is 0 Å². The summed E-state index contributed by atoms with van der Waals surface area (Å²) in [7, 11) is -3.16. The van der Waals surface area contributed by atoms with Crippen molar-refractivity contribution >= 4 is 10.0 Å². The molecule has 0 N–H and O–H groups in total. The molecule has 0 radical (unpaired) electrons. The standard InChI is InChI=1S/C10H18N4O2S/c11-13-12-9-6-7-14(8-9)17(15,16)10-4-2-1-3-5-10/h9-10H,1-8H2.